The van der Waals surface area contributed by atoms with Gasteiger partial charge in [0.05, 0.1) is 19.8 Å². The normalized spacial score (nSPS) is 10.8. The summed E-state index contributed by atoms with van der Waals surface area (Å²) in [6, 6.07) is 17.6. The first-order valence-corrected chi connectivity index (χ1v) is 11.7. The number of nitrogens with zero attached hydrogens (tertiary/aromatic N) is 3. The quantitative estimate of drug-likeness (QED) is 0.265. The molecule has 4 aromatic rings. The van der Waals surface area contributed by atoms with Crippen LogP contribution in [0.15, 0.2) is 71.5 Å². The Morgan fingerprint density at radius 1 is 1.00 bits per heavy atom. The van der Waals surface area contributed by atoms with Gasteiger partial charge in [0.25, 0.3) is 0 Å². The van der Waals surface area contributed by atoms with E-state index in [1.54, 1.807) is 13.2 Å². The van der Waals surface area contributed by atoms with E-state index in [1.807, 2.05) is 72.4 Å². The summed E-state index contributed by atoms with van der Waals surface area (Å²) in [5, 5.41) is 4.54. The maximum atomic E-state index is 11.7. The highest BCUT2D eigenvalue weighted by Gasteiger charge is 2.13. The summed E-state index contributed by atoms with van der Waals surface area (Å²) in [7, 11) is 0. The standard InChI is InChI=1S/C27H29N3O5/c1-3-32-25(31)15-12-22-17-30(29-27(22)33-4-2)16-20-10-13-24(14-11-20)34-18-23-19-35-26(28-23)21-8-6-5-7-9-21/h5-11,13-14,17,19H,3-4,12,15-16,18H2,1-2H3. The fourth-order valence-electron chi connectivity index (χ4n) is 3.55. The third-order valence-corrected chi connectivity index (χ3v) is 5.21. The van der Waals surface area contributed by atoms with Gasteiger partial charge < -0.3 is 18.6 Å². The lowest BCUT2D eigenvalue weighted by atomic mass is 10.2. The molecule has 0 radical (unpaired) electrons. The average Bonchev–Trinajstić information content (AvgIpc) is 3.50. The molecule has 182 valence electrons. The molecule has 0 fully saturated rings. The van der Waals surface area contributed by atoms with E-state index in [2.05, 4.69) is 10.1 Å². The first-order valence-electron chi connectivity index (χ1n) is 11.7. The Morgan fingerprint density at radius 3 is 2.54 bits per heavy atom. The molecule has 0 saturated heterocycles. The van der Waals surface area contributed by atoms with Crippen LogP contribution in [0.1, 0.15) is 37.1 Å². The minimum Gasteiger partial charge on any atom is -0.487 e. The largest absolute Gasteiger partial charge is 0.487 e. The van der Waals surface area contributed by atoms with Gasteiger partial charge in [-0.1, -0.05) is 30.3 Å². The zero-order valence-corrected chi connectivity index (χ0v) is 20.0. The molecule has 8 nitrogen and oxygen atoms in total. The number of carbonyl (C=O) groups excluding carboxylic acids is 1. The summed E-state index contributed by atoms with van der Waals surface area (Å²) in [6.45, 7) is 5.49. The van der Waals surface area contributed by atoms with Gasteiger partial charge in [-0.05, 0) is 50.1 Å². The van der Waals surface area contributed by atoms with Crippen LogP contribution in [0.25, 0.3) is 11.5 Å². The Labute approximate surface area is 204 Å². The van der Waals surface area contributed by atoms with E-state index >= 15 is 0 Å². The maximum absolute atomic E-state index is 11.7. The highest BCUT2D eigenvalue weighted by molar-refractivity contribution is 5.69. The minimum atomic E-state index is -0.222. The Hall–Kier alpha value is -4.07. The van der Waals surface area contributed by atoms with Crippen LogP contribution in [-0.2, 0) is 29.1 Å². The Morgan fingerprint density at radius 2 is 1.80 bits per heavy atom. The van der Waals surface area contributed by atoms with Crippen molar-refractivity contribution in [2.45, 2.75) is 39.8 Å². The molecule has 0 spiro atoms. The molecule has 0 amide bonds. The first-order chi connectivity index (χ1) is 17.1. The molecule has 2 heterocycles. The van der Waals surface area contributed by atoms with Crippen LogP contribution in [0.2, 0.25) is 0 Å². The number of benzene rings is 2. The number of rotatable bonds is 12. The van der Waals surface area contributed by atoms with Gasteiger partial charge in [0, 0.05) is 23.7 Å². The van der Waals surface area contributed by atoms with E-state index in [4.69, 9.17) is 18.6 Å². The zero-order chi connectivity index (χ0) is 24.5. The molecule has 0 bridgehead atoms. The Kier molecular flexibility index (Phi) is 8.17. The van der Waals surface area contributed by atoms with Crippen molar-refractivity contribution in [2.24, 2.45) is 0 Å². The van der Waals surface area contributed by atoms with Gasteiger partial charge in [-0.2, -0.15) is 0 Å². The fourth-order valence-corrected chi connectivity index (χ4v) is 3.55. The van der Waals surface area contributed by atoms with Crippen LogP contribution in [0.3, 0.4) is 0 Å². The van der Waals surface area contributed by atoms with E-state index in [0.717, 1.165) is 28.1 Å². The molecule has 0 aliphatic carbocycles. The summed E-state index contributed by atoms with van der Waals surface area (Å²) in [5.41, 5.74) is 3.61. The number of esters is 1. The van der Waals surface area contributed by atoms with Crippen molar-refractivity contribution in [3.05, 3.63) is 83.9 Å². The topological polar surface area (TPSA) is 88.6 Å². The van der Waals surface area contributed by atoms with E-state index in [1.165, 1.54) is 0 Å². The molecule has 8 heteroatoms. The molecule has 0 unspecified atom stereocenters. The van der Waals surface area contributed by atoms with Crippen LogP contribution in [-0.4, -0.2) is 33.9 Å². The monoisotopic (exact) mass is 475 g/mol. The number of aryl methyl sites for hydroxylation is 1. The fraction of sp³-hybridized carbons (Fsp3) is 0.296. The van der Waals surface area contributed by atoms with E-state index in [9.17, 15) is 4.79 Å². The summed E-state index contributed by atoms with van der Waals surface area (Å²) < 4.78 is 23.9. The van der Waals surface area contributed by atoms with Crippen molar-refractivity contribution in [3.63, 3.8) is 0 Å². The molecule has 2 aromatic heterocycles. The van der Waals surface area contributed by atoms with Crippen LogP contribution in [0.5, 0.6) is 11.6 Å². The molecule has 0 aliphatic rings. The molecule has 2 aromatic carbocycles. The predicted octanol–water partition coefficient (Wildman–Crippen LogP) is 5.06. The van der Waals surface area contributed by atoms with Crippen molar-refractivity contribution in [3.8, 4) is 23.1 Å². The average molecular weight is 476 g/mol. The van der Waals surface area contributed by atoms with Crippen LogP contribution < -0.4 is 9.47 Å². The lowest BCUT2D eigenvalue weighted by Crippen LogP contribution is -2.05. The van der Waals surface area contributed by atoms with Crippen molar-refractivity contribution in [1.82, 2.24) is 14.8 Å². The van der Waals surface area contributed by atoms with Gasteiger partial charge in [0.15, 0.2) is 0 Å². The molecule has 0 N–H and O–H groups in total. The van der Waals surface area contributed by atoms with Gasteiger partial charge in [-0.3, -0.25) is 9.48 Å². The van der Waals surface area contributed by atoms with E-state index in [0.29, 0.717) is 51.0 Å². The highest BCUT2D eigenvalue weighted by Crippen LogP contribution is 2.21. The molecule has 0 saturated carbocycles. The third kappa shape index (κ3) is 6.72. The van der Waals surface area contributed by atoms with E-state index < -0.39 is 0 Å². The van der Waals surface area contributed by atoms with Crippen molar-refractivity contribution >= 4 is 5.97 Å². The van der Waals surface area contributed by atoms with Crippen LogP contribution in [0, 0.1) is 0 Å². The summed E-state index contributed by atoms with van der Waals surface area (Å²) in [6.07, 6.45) is 4.35. The van der Waals surface area contributed by atoms with Gasteiger partial charge in [-0.25, -0.2) is 4.98 Å². The molecule has 4 rings (SSSR count). The summed E-state index contributed by atoms with van der Waals surface area (Å²) in [5.74, 6) is 1.65. The van der Waals surface area contributed by atoms with Crippen LogP contribution >= 0.6 is 0 Å². The first kappa shape index (κ1) is 24.1. The smallest absolute Gasteiger partial charge is 0.306 e. The number of hydrogen-bond donors (Lipinski definition) is 0. The van der Waals surface area contributed by atoms with Gasteiger partial charge in [0.2, 0.25) is 11.8 Å². The lowest BCUT2D eigenvalue weighted by Gasteiger charge is -2.06. The third-order valence-electron chi connectivity index (χ3n) is 5.21. The van der Waals surface area contributed by atoms with E-state index in [-0.39, 0.29) is 5.97 Å². The van der Waals surface area contributed by atoms with Crippen molar-refractivity contribution in [2.75, 3.05) is 13.2 Å². The number of hydrogen-bond acceptors (Lipinski definition) is 7. The number of ether oxygens (including phenoxy) is 3. The Bertz CT molecular complexity index is 1220. The second kappa shape index (κ2) is 11.9. The second-order valence-corrected chi connectivity index (χ2v) is 7.84. The van der Waals surface area contributed by atoms with Gasteiger partial charge >= 0.3 is 5.97 Å². The molecule has 0 aliphatic heterocycles. The highest BCUT2D eigenvalue weighted by atomic mass is 16.5. The number of aromatic nitrogens is 3. The molecular formula is C27H29N3O5. The van der Waals surface area contributed by atoms with Gasteiger partial charge in [0.1, 0.15) is 24.3 Å². The summed E-state index contributed by atoms with van der Waals surface area (Å²) in [4.78, 5) is 16.2. The lowest BCUT2D eigenvalue weighted by molar-refractivity contribution is -0.143. The Balaban J connectivity index is 1.33. The zero-order valence-electron chi connectivity index (χ0n) is 20.0. The number of carbonyl (C=O) groups is 1. The predicted molar refractivity (Wildman–Crippen MR) is 130 cm³/mol. The van der Waals surface area contributed by atoms with Crippen LogP contribution in [0.4, 0.5) is 0 Å². The maximum Gasteiger partial charge on any atom is 0.306 e. The second-order valence-electron chi connectivity index (χ2n) is 7.84. The van der Waals surface area contributed by atoms with Crippen molar-refractivity contribution in [1.29, 1.82) is 0 Å². The number of oxazole rings is 1. The molecule has 35 heavy (non-hydrogen) atoms. The molecule has 0 atom stereocenters. The minimum absolute atomic E-state index is 0.222. The SMILES string of the molecule is CCOC(=O)CCc1cn(Cc2ccc(OCc3coc(-c4ccccc4)n3)cc2)nc1OCC. The molecular weight excluding hydrogens is 446 g/mol. The van der Waals surface area contributed by atoms with Gasteiger partial charge in [-0.15, -0.1) is 5.10 Å². The van der Waals surface area contributed by atoms with Crippen molar-refractivity contribution < 1.29 is 23.4 Å². The summed E-state index contributed by atoms with van der Waals surface area (Å²) >= 11 is 0.